The summed E-state index contributed by atoms with van der Waals surface area (Å²) in [6.07, 6.45) is -0.0535. The Morgan fingerprint density at radius 3 is 2.23 bits per heavy atom. The van der Waals surface area contributed by atoms with Crippen molar-refractivity contribution in [3.05, 3.63) is 0 Å². The highest BCUT2D eigenvalue weighted by molar-refractivity contribution is 4.78. The van der Waals surface area contributed by atoms with Gasteiger partial charge >= 0.3 is 0 Å². The summed E-state index contributed by atoms with van der Waals surface area (Å²) >= 11 is 0. The average molecular weight is 192 g/mol. The maximum absolute atomic E-state index is 9.53. The Morgan fingerprint density at radius 1 is 1.31 bits per heavy atom. The molecule has 0 aliphatic carbocycles. The first kappa shape index (κ1) is 12.8. The van der Waals surface area contributed by atoms with Gasteiger partial charge in [0.1, 0.15) is 0 Å². The van der Waals surface area contributed by atoms with Gasteiger partial charge in [0.05, 0.1) is 18.3 Å². The second-order valence-corrected chi connectivity index (χ2v) is 3.92. The molecule has 0 fully saturated rings. The molecule has 4 N–H and O–H groups in total. The lowest BCUT2D eigenvalue weighted by molar-refractivity contribution is -0.0490. The predicted octanol–water partition coefficient (Wildman–Crippen LogP) is -0.501. The highest BCUT2D eigenvalue weighted by atomic mass is 16.3. The molecule has 0 aromatic heterocycles. The topological polar surface area (TPSA) is 80.9 Å². The van der Waals surface area contributed by atoms with E-state index in [4.69, 9.17) is 10.2 Å². The van der Waals surface area contributed by atoms with Crippen molar-refractivity contribution in [3.8, 4) is 0 Å². The van der Waals surface area contributed by atoms with Gasteiger partial charge in [-0.1, -0.05) is 6.92 Å². The van der Waals surface area contributed by atoms with Crippen molar-refractivity contribution >= 4 is 0 Å². The second-order valence-electron chi connectivity index (χ2n) is 3.92. The SMILES string of the molecule is CC(CCO)C(O)CC(C)(O)CO. The first-order valence-electron chi connectivity index (χ1n) is 4.55. The van der Waals surface area contributed by atoms with Gasteiger partial charge in [0, 0.05) is 13.0 Å². The molecular weight excluding hydrogens is 172 g/mol. The van der Waals surface area contributed by atoms with E-state index in [1.807, 2.05) is 0 Å². The molecule has 80 valence electrons. The van der Waals surface area contributed by atoms with Crippen LogP contribution in [0.25, 0.3) is 0 Å². The molecule has 0 amide bonds. The van der Waals surface area contributed by atoms with Gasteiger partial charge in [0.25, 0.3) is 0 Å². The Balaban J connectivity index is 3.91. The van der Waals surface area contributed by atoms with Gasteiger partial charge in [-0.05, 0) is 19.3 Å². The summed E-state index contributed by atoms with van der Waals surface area (Å²) in [6, 6.07) is 0. The van der Waals surface area contributed by atoms with Crippen LogP contribution in [0.15, 0.2) is 0 Å². The zero-order chi connectivity index (χ0) is 10.5. The van der Waals surface area contributed by atoms with Crippen LogP contribution in [0.5, 0.6) is 0 Å². The summed E-state index contributed by atoms with van der Waals surface area (Å²) < 4.78 is 0. The number of rotatable bonds is 6. The van der Waals surface area contributed by atoms with Crippen LogP contribution in [0.2, 0.25) is 0 Å². The normalized spacial score (nSPS) is 20.8. The zero-order valence-electron chi connectivity index (χ0n) is 8.27. The molecule has 3 unspecified atom stereocenters. The molecule has 0 saturated carbocycles. The molecule has 4 nitrogen and oxygen atoms in total. The molecule has 13 heavy (non-hydrogen) atoms. The van der Waals surface area contributed by atoms with Crippen molar-refractivity contribution in [2.45, 2.75) is 38.4 Å². The van der Waals surface area contributed by atoms with Crippen LogP contribution < -0.4 is 0 Å². The fourth-order valence-corrected chi connectivity index (χ4v) is 1.11. The summed E-state index contributed by atoms with van der Waals surface area (Å²) in [5.74, 6) is -0.0666. The van der Waals surface area contributed by atoms with E-state index in [0.29, 0.717) is 6.42 Å². The molecular formula is C9H20O4. The van der Waals surface area contributed by atoms with Gasteiger partial charge in [-0.15, -0.1) is 0 Å². The van der Waals surface area contributed by atoms with Crippen molar-refractivity contribution in [1.82, 2.24) is 0 Å². The van der Waals surface area contributed by atoms with E-state index in [2.05, 4.69) is 0 Å². The Bertz CT molecular complexity index is 136. The number of aliphatic hydroxyl groups excluding tert-OH is 3. The smallest absolute Gasteiger partial charge is 0.0874 e. The minimum absolute atomic E-state index is 0.0273. The van der Waals surface area contributed by atoms with Crippen molar-refractivity contribution in [3.63, 3.8) is 0 Å². The molecule has 0 aliphatic rings. The molecule has 0 aromatic rings. The van der Waals surface area contributed by atoms with Crippen molar-refractivity contribution in [2.24, 2.45) is 5.92 Å². The van der Waals surface area contributed by atoms with E-state index in [0.717, 1.165) is 0 Å². The molecule has 0 spiro atoms. The number of hydrogen-bond donors (Lipinski definition) is 4. The highest BCUT2D eigenvalue weighted by Crippen LogP contribution is 2.18. The third kappa shape index (κ3) is 5.21. The van der Waals surface area contributed by atoms with Crippen LogP contribution in [0, 0.1) is 5.92 Å². The summed E-state index contributed by atoms with van der Waals surface area (Å²) in [4.78, 5) is 0. The third-order valence-corrected chi connectivity index (χ3v) is 2.23. The Kier molecular flexibility index (Phi) is 5.48. The molecule has 0 aromatic carbocycles. The maximum Gasteiger partial charge on any atom is 0.0874 e. The van der Waals surface area contributed by atoms with Gasteiger partial charge in [-0.2, -0.15) is 0 Å². The van der Waals surface area contributed by atoms with Crippen molar-refractivity contribution in [1.29, 1.82) is 0 Å². The molecule has 0 radical (unpaired) electrons. The van der Waals surface area contributed by atoms with E-state index >= 15 is 0 Å². The quantitative estimate of drug-likeness (QED) is 0.457. The number of aliphatic hydroxyl groups is 4. The number of hydrogen-bond acceptors (Lipinski definition) is 4. The molecule has 0 bridgehead atoms. The summed E-state index contributed by atoms with van der Waals surface area (Å²) in [6.45, 7) is 2.94. The second kappa shape index (κ2) is 5.54. The summed E-state index contributed by atoms with van der Waals surface area (Å²) in [5.41, 5.74) is -1.23. The lowest BCUT2D eigenvalue weighted by atomic mass is 9.91. The highest BCUT2D eigenvalue weighted by Gasteiger charge is 2.26. The molecule has 0 rings (SSSR count). The lowest BCUT2D eigenvalue weighted by Gasteiger charge is -2.26. The fourth-order valence-electron chi connectivity index (χ4n) is 1.11. The van der Waals surface area contributed by atoms with E-state index < -0.39 is 11.7 Å². The summed E-state index contributed by atoms with van der Waals surface area (Å²) in [5, 5.41) is 36.3. The lowest BCUT2D eigenvalue weighted by Crippen LogP contribution is -2.36. The van der Waals surface area contributed by atoms with Gasteiger partial charge in [-0.25, -0.2) is 0 Å². The van der Waals surface area contributed by atoms with Crippen LogP contribution in [0.1, 0.15) is 26.7 Å². The standard InChI is InChI=1S/C9H20O4/c1-7(3-4-10)8(12)5-9(2,13)6-11/h7-8,10-13H,3-6H2,1-2H3. The zero-order valence-corrected chi connectivity index (χ0v) is 8.27. The van der Waals surface area contributed by atoms with Crippen molar-refractivity contribution < 1.29 is 20.4 Å². The molecule has 3 atom stereocenters. The fraction of sp³-hybridized carbons (Fsp3) is 1.00. The Labute approximate surface area is 78.8 Å². The van der Waals surface area contributed by atoms with Crippen LogP contribution in [0.3, 0.4) is 0 Å². The van der Waals surface area contributed by atoms with Gasteiger partial charge in [0.2, 0.25) is 0 Å². The van der Waals surface area contributed by atoms with E-state index in [9.17, 15) is 10.2 Å². The van der Waals surface area contributed by atoms with Crippen LogP contribution in [-0.4, -0.2) is 45.3 Å². The minimum atomic E-state index is -1.23. The Hall–Kier alpha value is -0.160. The monoisotopic (exact) mass is 192 g/mol. The van der Waals surface area contributed by atoms with E-state index in [1.54, 1.807) is 6.92 Å². The Morgan fingerprint density at radius 2 is 1.85 bits per heavy atom. The largest absolute Gasteiger partial charge is 0.396 e. The van der Waals surface area contributed by atoms with Gasteiger partial charge < -0.3 is 20.4 Å². The van der Waals surface area contributed by atoms with Crippen LogP contribution in [0.4, 0.5) is 0 Å². The molecule has 0 saturated heterocycles. The third-order valence-electron chi connectivity index (χ3n) is 2.23. The van der Waals surface area contributed by atoms with Crippen LogP contribution >= 0.6 is 0 Å². The first-order valence-corrected chi connectivity index (χ1v) is 4.55. The van der Waals surface area contributed by atoms with E-state index in [-0.39, 0.29) is 25.6 Å². The van der Waals surface area contributed by atoms with Gasteiger partial charge in [0.15, 0.2) is 0 Å². The average Bonchev–Trinajstić information content (AvgIpc) is 2.04. The molecule has 0 heterocycles. The molecule has 0 aliphatic heterocycles. The first-order chi connectivity index (χ1) is 5.93. The maximum atomic E-state index is 9.53. The predicted molar refractivity (Wildman–Crippen MR) is 49.2 cm³/mol. The summed E-state index contributed by atoms with van der Waals surface area (Å²) in [7, 11) is 0. The van der Waals surface area contributed by atoms with Crippen LogP contribution in [-0.2, 0) is 0 Å². The minimum Gasteiger partial charge on any atom is -0.396 e. The van der Waals surface area contributed by atoms with Gasteiger partial charge in [-0.3, -0.25) is 0 Å². The van der Waals surface area contributed by atoms with E-state index in [1.165, 1.54) is 6.92 Å². The van der Waals surface area contributed by atoms with Crippen molar-refractivity contribution in [2.75, 3.05) is 13.2 Å². The molecule has 4 heteroatoms.